The molecule has 0 radical (unpaired) electrons. The third-order valence-corrected chi connectivity index (χ3v) is 4.96. The van der Waals surface area contributed by atoms with Crippen molar-refractivity contribution in [3.05, 3.63) is 41.5 Å². The highest BCUT2D eigenvalue weighted by atomic mass is 15.3. The van der Waals surface area contributed by atoms with Gasteiger partial charge < -0.3 is 5.32 Å². The van der Waals surface area contributed by atoms with Crippen LogP contribution in [0.15, 0.2) is 24.3 Å². The number of hydrogen-bond donors (Lipinski definition) is 1. The minimum Gasteiger partial charge on any atom is -0.384 e. The summed E-state index contributed by atoms with van der Waals surface area (Å²) in [6.07, 6.45) is 6.16. The number of aryl methyl sites for hydroxylation is 1. The molecule has 1 fully saturated rings. The molecule has 1 aromatic heterocycles. The second-order valence-electron chi connectivity index (χ2n) is 6.36. The lowest BCUT2D eigenvalue weighted by Gasteiger charge is -2.08. The Morgan fingerprint density at radius 3 is 2.90 bits per heavy atom. The average molecular weight is 282 g/mol. The van der Waals surface area contributed by atoms with Gasteiger partial charge in [0, 0.05) is 37.5 Å². The van der Waals surface area contributed by atoms with Gasteiger partial charge in [-0.2, -0.15) is 5.10 Å². The first kappa shape index (κ1) is 12.9. The average Bonchev–Trinajstić information content (AvgIpc) is 3.21. The summed E-state index contributed by atoms with van der Waals surface area (Å²) in [7, 11) is 2.04. The molecule has 2 aromatic rings. The lowest BCUT2D eigenvalue weighted by molar-refractivity contribution is 0.628. The zero-order valence-corrected chi connectivity index (χ0v) is 12.5. The zero-order chi connectivity index (χ0) is 14.2. The molecule has 1 unspecified atom stereocenters. The van der Waals surface area contributed by atoms with Crippen LogP contribution in [0, 0.1) is 0 Å². The van der Waals surface area contributed by atoms with Gasteiger partial charge in [0.15, 0.2) is 5.82 Å². The molecule has 1 N–H and O–H groups in total. The maximum absolute atomic E-state index is 4.85. The summed E-state index contributed by atoms with van der Waals surface area (Å²) in [4.78, 5) is 4.85. The summed E-state index contributed by atoms with van der Waals surface area (Å²) >= 11 is 0. The van der Waals surface area contributed by atoms with E-state index in [0.717, 1.165) is 24.6 Å². The van der Waals surface area contributed by atoms with Crippen LogP contribution in [-0.4, -0.2) is 21.3 Å². The van der Waals surface area contributed by atoms with Gasteiger partial charge in [0.1, 0.15) is 5.82 Å². The van der Waals surface area contributed by atoms with E-state index in [1.165, 1.54) is 36.9 Å². The summed E-state index contributed by atoms with van der Waals surface area (Å²) in [5.74, 6) is 3.31. The quantitative estimate of drug-likeness (QED) is 0.940. The summed E-state index contributed by atoms with van der Waals surface area (Å²) in [5, 5.41) is 8.17. The van der Waals surface area contributed by atoms with Gasteiger partial charge in [0.2, 0.25) is 0 Å². The molecule has 0 saturated heterocycles. The maximum Gasteiger partial charge on any atom is 0.154 e. The van der Waals surface area contributed by atoms with E-state index in [0.29, 0.717) is 11.8 Å². The lowest BCUT2D eigenvalue weighted by Crippen LogP contribution is -2.09. The molecule has 2 heterocycles. The molecular formula is C17H22N4. The monoisotopic (exact) mass is 282 g/mol. The minimum atomic E-state index is 0.514. The standard InChI is InChI=1S/C17H22N4/c1-21-16(19-17(20-21)12-6-2-3-7-12)10-13-11-18-15-9-5-4-8-14(13)15/h4-5,8-9,12-13,18H,2-3,6-7,10-11H2,1H3. The van der Waals surface area contributed by atoms with Gasteiger partial charge >= 0.3 is 0 Å². The van der Waals surface area contributed by atoms with Gasteiger partial charge in [0.05, 0.1) is 0 Å². The second-order valence-corrected chi connectivity index (χ2v) is 6.36. The summed E-state index contributed by atoms with van der Waals surface area (Å²) in [6.45, 7) is 1.00. The fourth-order valence-corrected chi connectivity index (χ4v) is 3.73. The third kappa shape index (κ3) is 2.33. The SMILES string of the molecule is Cn1nc(C2CCCC2)nc1CC1CNc2ccccc21. The molecule has 1 saturated carbocycles. The Morgan fingerprint density at radius 1 is 1.24 bits per heavy atom. The molecule has 0 amide bonds. The Hall–Kier alpha value is -1.84. The first-order valence-corrected chi connectivity index (χ1v) is 8.04. The van der Waals surface area contributed by atoms with E-state index in [9.17, 15) is 0 Å². The van der Waals surface area contributed by atoms with Gasteiger partial charge in [-0.05, 0) is 24.5 Å². The van der Waals surface area contributed by atoms with Crippen LogP contribution in [0.1, 0.15) is 54.7 Å². The Balaban J connectivity index is 1.55. The van der Waals surface area contributed by atoms with Crippen LogP contribution in [-0.2, 0) is 13.5 Å². The second kappa shape index (κ2) is 5.17. The van der Waals surface area contributed by atoms with Gasteiger partial charge in [-0.15, -0.1) is 0 Å². The zero-order valence-electron chi connectivity index (χ0n) is 12.5. The van der Waals surface area contributed by atoms with Crippen LogP contribution in [0.3, 0.4) is 0 Å². The molecule has 4 nitrogen and oxygen atoms in total. The molecule has 1 atom stereocenters. The topological polar surface area (TPSA) is 42.7 Å². The number of para-hydroxylation sites is 1. The van der Waals surface area contributed by atoms with Crippen molar-refractivity contribution in [3.63, 3.8) is 0 Å². The molecule has 1 aliphatic carbocycles. The molecule has 21 heavy (non-hydrogen) atoms. The number of hydrogen-bond acceptors (Lipinski definition) is 3. The first-order chi connectivity index (χ1) is 10.3. The molecular weight excluding hydrogens is 260 g/mol. The van der Waals surface area contributed by atoms with Crippen molar-refractivity contribution in [1.29, 1.82) is 0 Å². The summed E-state index contributed by atoms with van der Waals surface area (Å²) in [6, 6.07) is 8.61. The van der Waals surface area contributed by atoms with Crippen LogP contribution in [0.2, 0.25) is 0 Å². The maximum atomic E-state index is 4.85. The van der Waals surface area contributed by atoms with E-state index in [2.05, 4.69) is 34.7 Å². The molecule has 1 aromatic carbocycles. The highest BCUT2D eigenvalue weighted by Gasteiger charge is 2.26. The smallest absolute Gasteiger partial charge is 0.154 e. The number of nitrogens with one attached hydrogen (secondary N) is 1. The van der Waals surface area contributed by atoms with Crippen LogP contribution >= 0.6 is 0 Å². The van der Waals surface area contributed by atoms with Crippen LogP contribution in [0.25, 0.3) is 0 Å². The van der Waals surface area contributed by atoms with Crippen molar-refractivity contribution in [1.82, 2.24) is 14.8 Å². The Morgan fingerprint density at radius 2 is 2.05 bits per heavy atom. The highest BCUT2D eigenvalue weighted by Crippen LogP contribution is 2.35. The molecule has 1 aliphatic heterocycles. The number of aromatic nitrogens is 3. The fraction of sp³-hybridized carbons (Fsp3) is 0.529. The van der Waals surface area contributed by atoms with E-state index >= 15 is 0 Å². The minimum absolute atomic E-state index is 0.514. The Bertz CT molecular complexity index is 640. The summed E-state index contributed by atoms with van der Waals surface area (Å²) < 4.78 is 1.99. The highest BCUT2D eigenvalue weighted by molar-refractivity contribution is 5.57. The third-order valence-electron chi connectivity index (χ3n) is 4.96. The first-order valence-electron chi connectivity index (χ1n) is 8.04. The number of nitrogens with zero attached hydrogens (tertiary/aromatic N) is 3. The van der Waals surface area contributed by atoms with Crippen molar-refractivity contribution in [2.45, 2.75) is 43.9 Å². The van der Waals surface area contributed by atoms with Gasteiger partial charge in [-0.3, -0.25) is 4.68 Å². The molecule has 110 valence electrons. The van der Waals surface area contributed by atoms with Crippen molar-refractivity contribution in [3.8, 4) is 0 Å². The van der Waals surface area contributed by atoms with Crippen molar-refractivity contribution < 1.29 is 0 Å². The number of benzene rings is 1. The van der Waals surface area contributed by atoms with E-state index in [4.69, 9.17) is 4.98 Å². The molecule has 4 rings (SSSR count). The van der Waals surface area contributed by atoms with E-state index in [-0.39, 0.29) is 0 Å². The molecule has 0 bridgehead atoms. The van der Waals surface area contributed by atoms with Crippen molar-refractivity contribution >= 4 is 5.69 Å². The van der Waals surface area contributed by atoms with Crippen LogP contribution in [0.5, 0.6) is 0 Å². The number of fused-ring (bicyclic) bond motifs is 1. The summed E-state index contributed by atoms with van der Waals surface area (Å²) in [5.41, 5.74) is 2.70. The van der Waals surface area contributed by atoms with Crippen LogP contribution < -0.4 is 5.32 Å². The van der Waals surface area contributed by atoms with E-state index in [1.54, 1.807) is 0 Å². The largest absolute Gasteiger partial charge is 0.384 e. The van der Waals surface area contributed by atoms with Crippen molar-refractivity contribution in [2.24, 2.45) is 7.05 Å². The van der Waals surface area contributed by atoms with Crippen LogP contribution in [0.4, 0.5) is 5.69 Å². The molecule has 4 heteroatoms. The Kier molecular flexibility index (Phi) is 3.17. The van der Waals surface area contributed by atoms with Gasteiger partial charge in [-0.1, -0.05) is 31.0 Å². The van der Waals surface area contributed by atoms with Gasteiger partial charge in [0.25, 0.3) is 0 Å². The van der Waals surface area contributed by atoms with Gasteiger partial charge in [-0.25, -0.2) is 4.98 Å². The fourth-order valence-electron chi connectivity index (χ4n) is 3.73. The molecule has 2 aliphatic rings. The normalized spacial score (nSPS) is 21.5. The van der Waals surface area contributed by atoms with Crippen molar-refractivity contribution in [2.75, 3.05) is 11.9 Å². The van der Waals surface area contributed by atoms with E-state index in [1.807, 2.05) is 11.7 Å². The predicted molar refractivity (Wildman–Crippen MR) is 83.6 cm³/mol. The number of rotatable bonds is 3. The predicted octanol–water partition coefficient (Wildman–Crippen LogP) is 3.22. The number of anilines is 1. The lowest BCUT2D eigenvalue weighted by atomic mass is 9.97. The van der Waals surface area contributed by atoms with E-state index < -0.39 is 0 Å². The Labute approximate surface area is 125 Å². The molecule has 0 spiro atoms.